The minimum atomic E-state index is 0.821. The molecule has 6 aromatic rings. The molecule has 0 aliphatic rings. The summed E-state index contributed by atoms with van der Waals surface area (Å²) in [6, 6.07) is 34.3. The maximum absolute atomic E-state index is 4.95. The third kappa shape index (κ3) is 2.56. The van der Waals surface area contributed by atoms with Gasteiger partial charge < -0.3 is 9.13 Å². The molecule has 144 valence electrons. The summed E-state index contributed by atoms with van der Waals surface area (Å²) in [5.74, 6) is 1.000. The largest absolute Gasteiger partial charge is 0.336 e. The molecule has 30 heavy (non-hydrogen) atoms. The molecule has 0 N–H and O–H groups in total. The molecule has 3 heteroatoms. The van der Waals surface area contributed by atoms with E-state index in [2.05, 4.69) is 107 Å². The Hall–Kier alpha value is -3.85. The van der Waals surface area contributed by atoms with Crippen LogP contribution in [-0.2, 0) is 13.6 Å². The van der Waals surface area contributed by atoms with E-state index in [4.69, 9.17) is 4.98 Å². The van der Waals surface area contributed by atoms with Gasteiger partial charge in [-0.2, -0.15) is 0 Å². The lowest BCUT2D eigenvalue weighted by Crippen LogP contribution is -1.99. The summed E-state index contributed by atoms with van der Waals surface area (Å²) in [6.45, 7) is 0.821. The van der Waals surface area contributed by atoms with Crippen LogP contribution in [0.25, 0.3) is 44.2 Å². The molecule has 0 atom stereocenters. The van der Waals surface area contributed by atoms with Crippen LogP contribution < -0.4 is 0 Å². The monoisotopic (exact) mass is 387 g/mol. The van der Waals surface area contributed by atoms with Crippen molar-refractivity contribution in [1.82, 2.24) is 14.1 Å². The average Bonchev–Trinajstić information content (AvgIpc) is 3.30. The Labute approximate surface area is 174 Å². The lowest BCUT2D eigenvalue weighted by Gasteiger charge is -2.08. The van der Waals surface area contributed by atoms with Crippen molar-refractivity contribution in [1.29, 1.82) is 0 Å². The van der Waals surface area contributed by atoms with Crippen LogP contribution in [0.15, 0.2) is 97.1 Å². The smallest absolute Gasteiger partial charge is 0.140 e. The van der Waals surface area contributed by atoms with Gasteiger partial charge in [-0.25, -0.2) is 4.98 Å². The number of hydrogen-bond donors (Lipinski definition) is 0. The van der Waals surface area contributed by atoms with Crippen molar-refractivity contribution in [3.63, 3.8) is 0 Å². The van der Waals surface area contributed by atoms with Crippen molar-refractivity contribution in [2.24, 2.45) is 7.05 Å². The number of nitrogens with zero attached hydrogens (tertiary/aromatic N) is 3. The molecule has 0 bridgehead atoms. The number of imidazole rings is 1. The van der Waals surface area contributed by atoms with E-state index in [1.807, 2.05) is 6.07 Å². The minimum absolute atomic E-state index is 0.821. The predicted molar refractivity (Wildman–Crippen MR) is 125 cm³/mol. The van der Waals surface area contributed by atoms with Gasteiger partial charge in [0, 0.05) is 41.0 Å². The molecule has 0 radical (unpaired) electrons. The Balaban J connectivity index is 1.48. The molecule has 0 saturated heterocycles. The van der Waals surface area contributed by atoms with Gasteiger partial charge in [-0.05, 0) is 29.8 Å². The number of para-hydroxylation sites is 2. The maximum atomic E-state index is 4.95. The highest BCUT2D eigenvalue weighted by Gasteiger charge is 2.13. The van der Waals surface area contributed by atoms with E-state index in [0.29, 0.717) is 0 Å². The maximum Gasteiger partial charge on any atom is 0.140 e. The van der Waals surface area contributed by atoms with E-state index in [9.17, 15) is 0 Å². The Morgan fingerprint density at radius 2 is 1.30 bits per heavy atom. The van der Waals surface area contributed by atoms with Crippen molar-refractivity contribution in [2.75, 3.05) is 0 Å². The number of hydrogen-bond acceptors (Lipinski definition) is 1. The van der Waals surface area contributed by atoms with E-state index >= 15 is 0 Å². The van der Waals surface area contributed by atoms with Gasteiger partial charge in [-0.1, -0.05) is 72.8 Å². The van der Waals surface area contributed by atoms with Crippen LogP contribution in [0, 0.1) is 0 Å². The molecule has 0 spiro atoms. The van der Waals surface area contributed by atoms with Crippen LogP contribution in [-0.4, -0.2) is 14.1 Å². The van der Waals surface area contributed by atoms with Gasteiger partial charge >= 0.3 is 0 Å². The number of fused-ring (bicyclic) bond motifs is 4. The first-order valence-corrected chi connectivity index (χ1v) is 10.3. The molecule has 2 heterocycles. The highest BCUT2D eigenvalue weighted by atomic mass is 15.1. The summed E-state index contributed by atoms with van der Waals surface area (Å²) in [5, 5.41) is 2.61. The van der Waals surface area contributed by atoms with Crippen LogP contribution in [0.4, 0.5) is 0 Å². The van der Waals surface area contributed by atoms with Gasteiger partial charge in [0.1, 0.15) is 5.82 Å². The number of rotatable bonds is 3. The molecule has 2 aromatic heterocycles. The fourth-order valence-electron chi connectivity index (χ4n) is 4.55. The molecule has 0 aliphatic heterocycles. The Morgan fingerprint density at radius 3 is 2.00 bits per heavy atom. The Kier molecular flexibility index (Phi) is 3.75. The van der Waals surface area contributed by atoms with Gasteiger partial charge in [0.25, 0.3) is 0 Å². The second kappa shape index (κ2) is 6.60. The second-order valence-corrected chi connectivity index (χ2v) is 7.80. The van der Waals surface area contributed by atoms with Crippen LogP contribution in [0.2, 0.25) is 0 Å². The fraction of sp³-hybridized carbons (Fsp3) is 0.0741. The molecule has 0 aliphatic carbocycles. The minimum Gasteiger partial charge on any atom is -0.336 e. The predicted octanol–water partition coefficient (Wildman–Crippen LogP) is 6.40. The van der Waals surface area contributed by atoms with E-state index in [-0.39, 0.29) is 0 Å². The van der Waals surface area contributed by atoms with Crippen LogP contribution >= 0.6 is 0 Å². The van der Waals surface area contributed by atoms with Crippen LogP contribution in [0.5, 0.6) is 0 Å². The number of benzene rings is 4. The van der Waals surface area contributed by atoms with E-state index in [1.165, 1.54) is 27.4 Å². The summed E-state index contributed by atoms with van der Waals surface area (Å²) in [6.07, 6.45) is 0. The second-order valence-electron chi connectivity index (χ2n) is 7.80. The summed E-state index contributed by atoms with van der Waals surface area (Å²) in [7, 11) is 2.09. The summed E-state index contributed by atoms with van der Waals surface area (Å²) in [5.41, 5.74) is 7.12. The first-order valence-electron chi connectivity index (χ1n) is 10.3. The lowest BCUT2D eigenvalue weighted by molar-refractivity contribution is 0.870. The van der Waals surface area contributed by atoms with Gasteiger partial charge in [-0.15, -0.1) is 0 Å². The van der Waals surface area contributed by atoms with Crippen molar-refractivity contribution in [2.45, 2.75) is 6.54 Å². The zero-order chi connectivity index (χ0) is 20.1. The highest BCUT2D eigenvalue weighted by Crippen LogP contribution is 2.30. The first kappa shape index (κ1) is 17.0. The first-order chi connectivity index (χ1) is 14.8. The Morgan fingerprint density at radius 1 is 0.667 bits per heavy atom. The molecular formula is C27H21N3. The van der Waals surface area contributed by atoms with Gasteiger partial charge in [0.2, 0.25) is 0 Å². The SMILES string of the molecule is Cn1c(-c2ccccc2)nc2cc(Cn3c4ccccc4c4ccccc43)ccc21. The zero-order valence-corrected chi connectivity index (χ0v) is 16.8. The average molecular weight is 387 g/mol. The molecule has 4 aromatic carbocycles. The lowest BCUT2D eigenvalue weighted by atomic mass is 10.2. The van der Waals surface area contributed by atoms with Crippen LogP contribution in [0.1, 0.15) is 5.56 Å². The van der Waals surface area contributed by atoms with E-state index < -0.39 is 0 Å². The topological polar surface area (TPSA) is 22.8 Å². The van der Waals surface area contributed by atoms with Crippen molar-refractivity contribution in [3.05, 3.63) is 103 Å². The number of aryl methyl sites for hydroxylation is 1. The third-order valence-electron chi connectivity index (χ3n) is 6.00. The zero-order valence-electron chi connectivity index (χ0n) is 16.8. The summed E-state index contributed by atoms with van der Waals surface area (Å²) >= 11 is 0. The Bertz CT molecular complexity index is 1470. The highest BCUT2D eigenvalue weighted by molar-refractivity contribution is 6.08. The third-order valence-corrected chi connectivity index (χ3v) is 6.00. The molecule has 0 saturated carbocycles. The summed E-state index contributed by atoms with van der Waals surface area (Å²) < 4.78 is 4.59. The standard InChI is InChI=1S/C27H21N3/c1-29-26-16-15-19(17-23(26)28-27(29)20-9-3-2-4-10-20)18-30-24-13-7-5-11-21(24)22-12-6-8-14-25(22)30/h2-17H,18H2,1H3. The molecule has 6 rings (SSSR count). The molecular weight excluding hydrogens is 366 g/mol. The summed E-state index contributed by atoms with van der Waals surface area (Å²) in [4.78, 5) is 4.95. The van der Waals surface area contributed by atoms with Crippen molar-refractivity contribution >= 4 is 32.8 Å². The molecule has 0 fully saturated rings. The van der Waals surface area contributed by atoms with Crippen LogP contribution in [0.3, 0.4) is 0 Å². The fourth-order valence-corrected chi connectivity index (χ4v) is 4.55. The van der Waals surface area contributed by atoms with Gasteiger partial charge in [0.15, 0.2) is 0 Å². The van der Waals surface area contributed by atoms with Gasteiger partial charge in [-0.3, -0.25) is 0 Å². The van der Waals surface area contributed by atoms with Gasteiger partial charge in [0.05, 0.1) is 11.0 Å². The molecule has 3 nitrogen and oxygen atoms in total. The van der Waals surface area contributed by atoms with E-state index in [1.54, 1.807) is 0 Å². The van der Waals surface area contributed by atoms with Crippen molar-refractivity contribution in [3.8, 4) is 11.4 Å². The normalized spacial score (nSPS) is 11.6. The molecule has 0 unspecified atom stereocenters. The number of aromatic nitrogens is 3. The molecule has 0 amide bonds. The quantitative estimate of drug-likeness (QED) is 0.345. The van der Waals surface area contributed by atoms with Crippen molar-refractivity contribution < 1.29 is 0 Å². The van der Waals surface area contributed by atoms with E-state index in [0.717, 1.165) is 29.0 Å².